The van der Waals surface area contributed by atoms with Crippen LogP contribution in [0.25, 0.3) is 0 Å². The third-order valence-corrected chi connectivity index (χ3v) is 8.29. The molecule has 3 rings (SSSR count). The average molecular weight is 560 g/mol. The van der Waals surface area contributed by atoms with Crippen LogP contribution in [0, 0.1) is 0 Å². The normalized spacial score (nSPS) is 14.8. The molecule has 2 aromatic rings. The molecule has 0 radical (unpaired) electrons. The molecule has 0 aromatic heterocycles. The van der Waals surface area contributed by atoms with Crippen molar-refractivity contribution in [1.82, 2.24) is 10.2 Å². The number of carbonyl (C=O) groups excluding carboxylic acids is 2. The van der Waals surface area contributed by atoms with Crippen molar-refractivity contribution in [3.05, 3.63) is 54.1 Å². The van der Waals surface area contributed by atoms with Crippen molar-refractivity contribution < 1.29 is 27.5 Å². The second-order valence-electron chi connectivity index (χ2n) is 10.0. The van der Waals surface area contributed by atoms with E-state index in [2.05, 4.69) is 5.32 Å². The molecule has 1 fully saturated rings. The molecule has 1 aliphatic carbocycles. The second-order valence-corrected chi connectivity index (χ2v) is 11.9. The Kier molecular flexibility index (Phi) is 11.0. The Balaban J connectivity index is 1.74. The minimum atomic E-state index is -3.59. The highest BCUT2D eigenvalue weighted by atomic mass is 32.2. The number of hydrogen-bond donors (Lipinski definition) is 1. The lowest BCUT2D eigenvalue weighted by molar-refractivity contribution is -0.141. The molecule has 0 saturated heterocycles. The van der Waals surface area contributed by atoms with Crippen LogP contribution in [0.3, 0.4) is 0 Å². The van der Waals surface area contributed by atoms with Gasteiger partial charge in [-0.2, -0.15) is 0 Å². The van der Waals surface area contributed by atoms with E-state index in [1.54, 1.807) is 43.2 Å². The third kappa shape index (κ3) is 8.88. The molecule has 2 amide bonds. The van der Waals surface area contributed by atoms with E-state index >= 15 is 0 Å². The first-order valence-corrected chi connectivity index (χ1v) is 15.3. The van der Waals surface area contributed by atoms with E-state index in [1.165, 1.54) is 17.8 Å². The summed E-state index contributed by atoms with van der Waals surface area (Å²) in [6.45, 7) is 2.10. The van der Waals surface area contributed by atoms with Gasteiger partial charge in [-0.05, 0) is 56.0 Å². The summed E-state index contributed by atoms with van der Waals surface area (Å²) in [5.41, 5.74) is 1.31. The highest BCUT2D eigenvalue weighted by Crippen LogP contribution is 2.24. The quantitative estimate of drug-likeness (QED) is 0.396. The van der Waals surface area contributed by atoms with Gasteiger partial charge in [0, 0.05) is 31.6 Å². The number of sulfonamides is 1. The standard InChI is InChI=1S/C29H41N3O6S/c1-22(29(34)30-24-12-6-5-7-13-24)31(21-23-11-8-15-26(19-23)37-2)28(33)17-10-18-32(39(4,35)36)25-14-9-16-27(20-25)38-3/h8-9,11,14-16,19-20,22,24H,5-7,10,12-13,17-18,21H2,1-4H3,(H,30,34)/t22-/m1/s1. The fourth-order valence-corrected chi connectivity index (χ4v) is 5.85. The SMILES string of the molecule is COc1cccc(CN(C(=O)CCCN(c2cccc(OC)c2)S(C)(=O)=O)[C@H](C)C(=O)NC2CCCCC2)c1. The fraction of sp³-hybridized carbons (Fsp3) is 0.517. The van der Waals surface area contributed by atoms with Crippen LogP contribution in [0.15, 0.2) is 48.5 Å². The number of benzene rings is 2. The predicted molar refractivity (Wildman–Crippen MR) is 152 cm³/mol. The van der Waals surface area contributed by atoms with Gasteiger partial charge < -0.3 is 19.7 Å². The summed E-state index contributed by atoms with van der Waals surface area (Å²) in [4.78, 5) is 28.3. The number of nitrogens with zero attached hydrogens (tertiary/aromatic N) is 2. The molecule has 214 valence electrons. The summed E-state index contributed by atoms with van der Waals surface area (Å²) < 4.78 is 37.0. The first-order valence-electron chi connectivity index (χ1n) is 13.5. The molecule has 1 N–H and O–H groups in total. The number of carbonyl (C=O) groups is 2. The minimum absolute atomic E-state index is 0.0843. The first kappa shape index (κ1) is 30.3. The van der Waals surface area contributed by atoms with E-state index in [0.29, 0.717) is 17.2 Å². The lowest BCUT2D eigenvalue weighted by Crippen LogP contribution is -2.50. The lowest BCUT2D eigenvalue weighted by atomic mass is 9.95. The largest absolute Gasteiger partial charge is 0.497 e. The fourth-order valence-electron chi connectivity index (χ4n) is 4.89. The topological polar surface area (TPSA) is 105 Å². The number of methoxy groups -OCH3 is 2. The maximum Gasteiger partial charge on any atom is 0.242 e. The molecular weight excluding hydrogens is 518 g/mol. The smallest absolute Gasteiger partial charge is 0.242 e. The predicted octanol–water partition coefficient (Wildman–Crippen LogP) is 4.12. The van der Waals surface area contributed by atoms with Crippen molar-refractivity contribution in [3.8, 4) is 11.5 Å². The molecule has 0 unspecified atom stereocenters. The zero-order valence-electron chi connectivity index (χ0n) is 23.4. The Morgan fingerprint density at radius 3 is 2.28 bits per heavy atom. The van der Waals surface area contributed by atoms with Crippen LogP contribution in [-0.4, -0.2) is 64.2 Å². The maximum atomic E-state index is 13.5. The van der Waals surface area contributed by atoms with Crippen LogP contribution < -0.4 is 19.1 Å². The monoisotopic (exact) mass is 559 g/mol. The Morgan fingerprint density at radius 2 is 1.64 bits per heavy atom. The number of amides is 2. The summed E-state index contributed by atoms with van der Waals surface area (Å²) in [7, 11) is -0.488. The van der Waals surface area contributed by atoms with Gasteiger partial charge in [-0.25, -0.2) is 8.42 Å². The van der Waals surface area contributed by atoms with Crippen LogP contribution in [0.4, 0.5) is 5.69 Å². The molecule has 0 aliphatic heterocycles. The number of hydrogen-bond acceptors (Lipinski definition) is 6. The molecule has 2 aromatic carbocycles. The minimum Gasteiger partial charge on any atom is -0.497 e. The van der Waals surface area contributed by atoms with Gasteiger partial charge in [-0.3, -0.25) is 13.9 Å². The van der Waals surface area contributed by atoms with Gasteiger partial charge >= 0.3 is 0 Å². The van der Waals surface area contributed by atoms with Crippen molar-refractivity contribution in [2.75, 3.05) is 31.3 Å². The van der Waals surface area contributed by atoms with Gasteiger partial charge in [0.25, 0.3) is 0 Å². The van der Waals surface area contributed by atoms with E-state index in [1.807, 2.05) is 24.3 Å². The van der Waals surface area contributed by atoms with Gasteiger partial charge in [0.2, 0.25) is 21.8 Å². The molecule has 39 heavy (non-hydrogen) atoms. The lowest BCUT2D eigenvalue weighted by Gasteiger charge is -2.31. The summed E-state index contributed by atoms with van der Waals surface area (Å²) in [6.07, 6.45) is 6.78. The van der Waals surface area contributed by atoms with Crippen LogP contribution in [-0.2, 0) is 26.2 Å². The summed E-state index contributed by atoms with van der Waals surface area (Å²) >= 11 is 0. The van der Waals surface area contributed by atoms with Gasteiger partial charge in [-0.1, -0.05) is 37.5 Å². The van der Waals surface area contributed by atoms with Crippen LogP contribution >= 0.6 is 0 Å². The molecule has 1 atom stereocenters. The van der Waals surface area contributed by atoms with Crippen LogP contribution in [0.2, 0.25) is 0 Å². The van der Waals surface area contributed by atoms with Crippen molar-refractivity contribution in [2.24, 2.45) is 0 Å². The average Bonchev–Trinajstić information content (AvgIpc) is 2.93. The molecule has 9 nitrogen and oxygen atoms in total. The maximum absolute atomic E-state index is 13.5. The molecular formula is C29H41N3O6S. The van der Waals surface area contributed by atoms with E-state index in [4.69, 9.17) is 9.47 Å². The molecule has 0 spiro atoms. The second kappa shape index (κ2) is 14.2. The summed E-state index contributed by atoms with van der Waals surface area (Å²) in [5, 5.41) is 3.13. The first-order chi connectivity index (χ1) is 18.6. The number of rotatable bonds is 13. The summed E-state index contributed by atoms with van der Waals surface area (Å²) in [6, 6.07) is 13.7. The number of anilines is 1. The third-order valence-electron chi connectivity index (χ3n) is 7.10. The van der Waals surface area contributed by atoms with Gasteiger partial charge in [-0.15, -0.1) is 0 Å². The van der Waals surface area contributed by atoms with E-state index in [-0.39, 0.29) is 43.8 Å². The molecule has 1 saturated carbocycles. The molecule has 0 bridgehead atoms. The Labute approximate surface area is 232 Å². The Bertz CT molecular complexity index is 1210. The van der Waals surface area contributed by atoms with Crippen molar-refractivity contribution in [1.29, 1.82) is 0 Å². The Hall–Kier alpha value is -3.27. The van der Waals surface area contributed by atoms with Gasteiger partial charge in [0.15, 0.2) is 0 Å². The van der Waals surface area contributed by atoms with E-state index < -0.39 is 16.1 Å². The van der Waals surface area contributed by atoms with Crippen molar-refractivity contribution in [3.63, 3.8) is 0 Å². The Morgan fingerprint density at radius 1 is 1.00 bits per heavy atom. The van der Waals surface area contributed by atoms with Crippen molar-refractivity contribution in [2.45, 2.75) is 70.5 Å². The van der Waals surface area contributed by atoms with Gasteiger partial charge in [0.1, 0.15) is 17.5 Å². The summed E-state index contributed by atoms with van der Waals surface area (Å²) in [5.74, 6) is 0.816. The number of nitrogens with one attached hydrogen (secondary N) is 1. The zero-order valence-corrected chi connectivity index (χ0v) is 24.2. The van der Waals surface area contributed by atoms with Gasteiger partial charge in [0.05, 0.1) is 26.2 Å². The number of ether oxygens (including phenoxy) is 2. The molecule has 1 aliphatic rings. The highest BCUT2D eigenvalue weighted by molar-refractivity contribution is 7.92. The van der Waals surface area contributed by atoms with E-state index in [9.17, 15) is 18.0 Å². The van der Waals surface area contributed by atoms with Crippen molar-refractivity contribution >= 4 is 27.5 Å². The van der Waals surface area contributed by atoms with Crippen LogP contribution in [0.5, 0.6) is 11.5 Å². The zero-order chi connectivity index (χ0) is 28.4. The highest BCUT2D eigenvalue weighted by Gasteiger charge is 2.28. The van der Waals surface area contributed by atoms with E-state index in [0.717, 1.165) is 37.5 Å². The molecule has 10 heteroatoms. The molecule has 0 heterocycles. The van der Waals surface area contributed by atoms with Crippen LogP contribution in [0.1, 0.15) is 57.4 Å².